The zero-order valence-corrected chi connectivity index (χ0v) is 8.96. The van der Waals surface area contributed by atoms with Crippen molar-refractivity contribution < 1.29 is 5.11 Å². The molecule has 0 bridgehead atoms. The quantitative estimate of drug-likeness (QED) is 0.659. The smallest absolute Gasteiger partial charge is 0.128 e. The highest BCUT2D eigenvalue weighted by Crippen LogP contribution is 2.30. The van der Waals surface area contributed by atoms with E-state index in [9.17, 15) is 5.11 Å². The van der Waals surface area contributed by atoms with Gasteiger partial charge in [0.15, 0.2) is 0 Å². The van der Waals surface area contributed by atoms with Crippen LogP contribution in [0.15, 0.2) is 18.2 Å². The molecular formula is C12H17NO. The second-order valence-corrected chi connectivity index (χ2v) is 4.99. The largest absolute Gasteiger partial charge is 0.373 e. The van der Waals surface area contributed by atoms with E-state index < -0.39 is 6.23 Å². The molecule has 14 heavy (non-hydrogen) atoms. The molecule has 2 nitrogen and oxygen atoms in total. The van der Waals surface area contributed by atoms with Gasteiger partial charge in [0.1, 0.15) is 6.23 Å². The molecule has 1 atom stereocenters. The van der Waals surface area contributed by atoms with Crippen LogP contribution in [0.2, 0.25) is 0 Å². The monoisotopic (exact) mass is 191 g/mol. The summed E-state index contributed by atoms with van der Waals surface area (Å²) in [5.74, 6) is 0. The molecule has 1 aliphatic heterocycles. The van der Waals surface area contributed by atoms with Crippen molar-refractivity contribution >= 4 is 5.69 Å². The van der Waals surface area contributed by atoms with Gasteiger partial charge in [0.2, 0.25) is 0 Å². The Labute approximate surface area is 85.0 Å². The SMILES string of the molecule is CC(C)(C)c1ccc2c(c1)CC(O)N2. The molecule has 0 radical (unpaired) electrons. The molecule has 0 aliphatic carbocycles. The lowest BCUT2D eigenvalue weighted by molar-refractivity contribution is 0.212. The van der Waals surface area contributed by atoms with Crippen LogP contribution in [0.1, 0.15) is 31.9 Å². The minimum absolute atomic E-state index is 0.183. The molecule has 0 aromatic heterocycles. The maximum absolute atomic E-state index is 9.43. The fourth-order valence-corrected chi connectivity index (χ4v) is 1.81. The number of aliphatic hydroxyl groups is 1. The third kappa shape index (κ3) is 1.62. The summed E-state index contributed by atoms with van der Waals surface area (Å²) in [5.41, 5.74) is 3.81. The van der Waals surface area contributed by atoms with Crippen LogP contribution < -0.4 is 5.32 Å². The van der Waals surface area contributed by atoms with Crippen molar-refractivity contribution in [3.05, 3.63) is 29.3 Å². The molecule has 1 aliphatic rings. The van der Waals surface area contributed by atoms with Crippen LogP contribution in [0.25, 0.3) is 0 Å². The number of rotatable bonds is 0. The average Bonchev–Trinajstić information content (AvgIpc) is 2.41. The van der Waals surface area contributed by atoms with E-state index in [0.717, 1.165) is 12.1 Å². The van der Waals surface area contributed by atoms with Crippen molar-refractivity contribution in [1.82, 2.24) is 0 Å². The number of fused-ring (bicyclic) bond motifs is 1. The molecule has 1 heterocycles. The molecule has 0 saturated heterocycles. The Hall–Kier alpha value is -1.02. The second-order valence-electron chi connectivity index (χ2n) is 4.99. The molecule has 2 N–H and O–H groups in total. The summed E-state index contributed by atoms with van der Waals surface area (Å²) in [5, 5.41) is 12.5. The van der Waals surface area contributed by atoms with E-state index in [1.165, 1.54) is 11.1 Å². The highest BCUT2D eigenvalue weighted by Gasteiger charge is 2.21. The van der Waals surface area contributed by atoms with Gasteiger partial charge in [0, 0.05) is 12.1 Å². The highest BCUT2D eigenvalue weighted by molar-refractivity contribution is 5.57. The third-order valence-corrected chi connectivity index (χ3v) is 2.71. The van der Waals surface area contributed by atoms with Crippen molar-refractivity contribution in [3.63, 3.8) is 0 Å². The zero-order chi connectivity index (χ0) is 10.3. The van der Waals surface area contributed by atoms with E-state index in [2.05, 4.69) is 44.3 Å². The van der Waals surface area contributed by atoms with E-state index in [-0.39, 0.29) is 5.41 Å². The van der Waals surface area contributed by atoms with Gasteiger partial charge in [-0.15, -0.1) is 0 Å². The first-order valence-corrected chi connectivity index (χ1v) is 5.05. The highest BCUT2D eigenvalue weighted by atomic mass is 16.3. The van der Waals surface area contributed by atoms with Crippen LogP contribution in [-0.2, 0) is 11.8 Å². The summed E-state index contributed by atoms with van der Waals surface area (Å²) in [6.45, 7) is 6.61. The average molecular weight is 191 g/mol. The lowest BCUT2D eigenvalue weighted by Crippen LogP contribution is -2.12. The van der Waals surface area contributed by atoms with E-state index >= 15 is 0 Å². The lowest BCUT2D eigenvalue weighted by Gasteiger charge is -2.19. The predicted octanol–water partition coefficient (Wildman–Crippen LogP) is 2.27. The minimum Gasteiger partial charge on any atom is -0.373 e. The Balaban J connectivity index is 2.38. The molecule has 1 unspecified atom stereocenters. The van der Waals surface area contributed by atoms with E-state index in [0.29, 0.717) is 0 Å². The first kappa shape index (κ1) is 9.53. The molecule has 2 rings (SSSR count). The van der Waals surface area contributed by atoms with Crippen LogP contribution in [0.5, 0.6) is 0 Å². The van der Waals surface area contributed by atoms with Gasteiger partial charge in [-0.2, -0.15) is 0 Å². The van der Waals surface area contributed by atoms with Crippen molar-refractivity contribution in [3.8, 4) is 0 Å². The molecule has 0 spiro atoms. The van der Waals surface area contributed by atoms with Crippen LogP contribution in [0, 0.1) is 0 Å². The summed E-state index contributed by atoms with van der Waals surface area (Å²) in [7, 11) is 0. The Morgan fingerprint density at radius 3 is 2.71 bits per heavy atom. The molecule has 76 valence electrons. The lowest BCUT2D eigenvalue weighted by atomic mass is 9.86. The van der Waals surface area contributed by atoms with Crippen LogP contribution in [0.4, 0.5) is 5.69 Å². The molecular weight excluding hydrogens is 174 g/mol. The summed E-state index contributed by atoms with van der Waals surface area (Å²) < 4.78 is 0. The Morgan fingerprint density at radius 2 is 2.07 bits per heavy atom. The van der Waals surface area contributed by atoms with E-state index in [1.54, 1.807) is 0 Å². The zero-order valence-electron chi connectivity index (χ0n) is 8.96. The van der Waals surface area contributed by atoms with Crippen LogP contribution >= 0.6 is 0 Å². The fourth-order valence-electron chi connectivity index (χ4n) is 1.81. The summed E-state index contributed by atoms with van der Waals surface area (Å²) >= 11 is 0. The number of anilines is 1. The van der Waals surface area contributed by atoms with Gasteiger partial charge in [-0.05, 0) is 22.6 Å². The first-order chi connectivity index (χ1) is 6.47. The topological polar surface area (TPSA) is 32.3 Å². The second kappa shape index (κ2) is 2.99. The maximum atomic E-state index is 9.43. The maximum Gasteiger partial charge on any atom is 0.128 e. The van der Waals surface area contributed by atoms with Gasteiger partial charge < -0.3 is 10.4 Å². The molecule has 1 aromatic rings. The van der Waals surface area contributed by atoms with Crippen LogP contribution in [-0.4, -0.2) is 11.3 Å². The number of benzene rings is 1. The molecule has 2 heteroatoms. The number of hydrogen-bond acceptors (Lipinski definition) is 2. The molecule has 0 fully saturated rings. The van der Waals surface area contributed by atoms with Crippen molar-refractivity contribution in [2.75, 3.05) is 5.32 Å². The molecule has 0 amide bonds. The van der Waals surface area contributed by atoms with Gasteiger partial charge in [-0.25, -0.2) is 0 Å². The fraction of sp³-hybridized carbons (Fsp3) is 0.500. The Kier molecular flexibility index (Phi) is 2.04. The standard InChI is InChI=1S/C12H17NO/c1-12(2,3)9-4-5-10-8(6-9)7-11(14)13-10/h4-6,11,13-14H,7H2,1-3H3. The van der Waals surface area contributed by atoms with Crippen molar-refractivity contribution in [1.29, 1.82) is 0 Å². The third-order valence-electron chi connectivity index (χ3n) is 2.71. The number of hydrogen-bond donors (Lipinski definition) is 2. The minimum atomic E-state index is -0.403. The van der Waals surface area contributed by atoms with Gasteiger partial charge in [0.05, 0.1) is 0 Å². The van der Waals surface area contributed by atoms with Gasteiger partial charge in [-0.1, -0.05) is 32.9 Å². The summed E-state index contributed by atoms with van der Waals surface area (Å²) in [6, 6.07) is 6.38. The summed E-state index contributed by atoms with van der Waals surface area (Å²) in [4.78, 5) is 0. The Bertz CT molecular complexity index is 352. The van der Waals surface area contributed by atoms with E-state index in [4.69, 9.17) is 0 Å². The molecule has 1 aromatic carbocycles. The van der Waals surface area contributed by atoms with Crippen molar-refractivity contribution in [2.45, 2.75) is 38.8 Å². The van der Waals surface area contributed by atoms with E-state index in [1.807, 2.05) is 0 Å². The first-order valence-electron chi connectivity index (χ1n) is 5.05. The molecule has 0 saturated carbocycles. The van der Waals surface area contributed by atoms with Gasteiger partial charge in [-0.3, -0.25) is 0 Å². The number of aliphatic hydroxyl groups excluding tert-OH is 1. The van der Waals surface area contributed by atoms with Crippen LogP contribution in [0.3, 0.4) is 0 Å². The van der Waals surface area contributed by atoms with Crippen molar-refractivity contribution in [2.24, 2.45) is 0 Å². The number of nitrogens with one attached hydrogen (secondary N) is 1. The normalized spacial score (nSPS) is 20.4. The Morgan fingerprint density at radius 1 is 1.36 bits per heavy atom. The van der Waals surface area contributed by atoms with Gasteiger partial charge in [0.25, 0.3) is 0 Å². The summed E-state index contributed by atoms with van der Waals surface area (Å²) in [6.07, 6.45) is 0.319. The predicted molar refractivity (Wildman–Crippen MR) is 58.5 cm³/mol. The van der Waals surface area contributed by atoms with Gasteiger partial charge >= 0.3 is 0 Å².